The number of nitrogens with zero attached hydrogens (tertiary/aromatic N) is 2. The van der Waals surface area contributed by atoms with E-state index in [1.165, 1.54) is 31.5 Å². The van der Waals surface area contributed by atoms with Gasteiger partial charge in [0.2, 0.25) is 0 Å². The molecule has 2 fully saturated rings. The maximum absolute atomic E-state index is 6.36. The monoisotopic (exact) mass is 263 g/mol. The SMILES string of the molecule is CCn1c(C2CCCC2)nc(C2CCCOC2)c1N. The summed E-state index contributed by atoms with van der Waals surface area (Å²) in [6, 6.07) is 0. The molecule has 1 saturated carbocycles. The van der Waals surface area contributed by atoms with E-state index in [4.69, 9.17) is 15.5 Å². The van der Waals surface area contributed by atoms with Gasteiger partial charge in [-0.15, -0.1) is 0 Å². The Morgan fingerprint density at radius 2 is 1.95 bits per heavy atom. The molecule has 0 bridgehead atoms. The summed E-state index contributed by atoms with van der Waals surface area (Å²) >= 11 is 0. The predicted molar refractivity (Wildman–Crippen MR) is 76.3 cm³/mol. The van der Waals surface area contributed by atoms with Crippen LogP contribution >= 0.6 is 0 Å². The number of aromatic nitrogens is 2. The highest BCUT2D eigenvalue weighted by Crippen LogP contribution is 2.37. The van der Waals surface area contributed by atoms with Gasteiger partial charge in [0.15, 0.2) is 0 Å². The van der Waals surface area contributed by atoms with Crippen molar-refractivity contribution in [2.24, 2.45) is 0 Å². The normalized spacial score (nSPS) is 25.0. The fraction of sp³-hybridized carbons (Fsp3) is 0.800. The summed E-state index contributed by atoms with van der Waals surface area (Å²) in [6.45, 7) is 4.77. The smallest absolute Gasteiger partial charge is 0.127 e. The van der Waals surface area contributed by atoms with E-state index in [0.29, 0.717) is 11.8 Å². The zero-order valence-corrected chi connectivity index (χ0v) is 11.9. The first-order valence-corrected chi connectivity index (χ1v) is 7.74. The lowest BCUT2D eigenvalue weighted by Crippen LogP contribution is -2.17. The van der Waals surface area contributed by atoms with E-state index in [2.05, 4.69) is 11.5 Å². The molecule has 2 aliphatic rings. The van der Waals surface area contributed by atoms with E-state index < -0.39 is 0 Å². The van der Waals surface area contributed by atoms with Gasteiger partial charge in [-0.3, -0.25) is 0 Å². The molecule has 1 aromatic heterocycles. The molecule has 2 heterocycles. The van der Waals surface area contributed by atoms with Crippen molar-refractivity contribution in [1.82, 2.24) is 9.55 Å². The first kappa shape index (κ1) is 13.0. The van der Waals surface area contributed by atoms with Crippen LogP contribution in [0.25, 0.3) is 0 Å². The van der Waals surface area contributed by atoms with Gasteiger partial charge in [0.25, 0.3) is 0 Å². The van der Waals surface area contributed by atoms with Crippen LogP contribution in [0, 0.1) is 0 Å². The maximum Gasteiger partial charge on any atom is 0.127 e. The maximum atomic E-state index is 6.36. The van der Waals surface area contributed by atoms with Gasteiger partial charge in [-0.05, 0) is 32.6 Å². The molecule has 0 aromatic carbocycles. The summed E-state index contributed by atoms with van der Waals surface area (Å²) in [4.78, 5) is 4.94. The van der Waals surface area contributed by atoms with Gasteiger partial charge in [0.05, 0.1) is 12.3 Å². The lowest BCUT2D eigenvalue weighted by Gasteiger charge is -2.20. The van der Waals surface area contributed by atoms with Gasteiger partial charge >= 0.3 is 0 Å². The number of imidazole rings is 1. The molecule has 19 heavy (non-hydrogen) atoms. The fourth-order valence-corrected chi connectivity index (χ4v) is 3.59. The molecule has 1 saturated heterocycles. The average molecular weight is 263 g/mol. The number of rotatable bonds is 3. The Hall–Kier alpha value is -1.03. The van der Waals surface area contributed by atoms with E-state index in [0.717, 1.165) is 44.1 Å². The molecule has 1 unspecified atom stereocenters. The van der Waals surface area contributed by atoms with E-state index in [1.807, 2.05) is 0 Å². The van der Waals surface area contributed by atoms with Crippen LogP contribution in [0.5, 0.6) is 0 Å². The van der Waals surface area contributed by atoms with Crippen molar-refractivity contribution < 1.29 is 4.74 Å². The number of nitrogens with two attached hydrogens (primary N) is 1. The molecular formula is C15H25N3O. The predicted octanol–water partition coefficient (Wildman–Crippen LogP) is 3.04. The topological polar surface area (TPSA) is 53.1 Å². The molecule has 0 radical (unpaired) electrons. The molecular weight excluding hydrogens is 238 g/mol. The van der Waals surface area contributed by atoms with Crippen LogP contribution in [0.4, 0.5) is 5.82 Å². The standard InChI is InChI=1S/C15H25N3O/c1-2-18-14(16)13(12-8-5-9-19-10-12)17-15(18)11-6-3-4-7-11/h11-12H,2-10,16H2,1H3. The van der Waals surface area contributed by atoms with Crippen molar-refractivity contribution in [3.63, 3.8) is 0 Å². The number of ether oxygens (including phenoxy) is 1. The second-order valence-electron chi connectivity index (χ2n) is 5.88. The van der Waals surface area contributed by atoms with Crippen LogP contribution in [-0.4, -0.2) is 22.8 Å². The molecule has 4 nitrogen and oxygen atoms in total. The molecule has 1 aromatic rings. The minimum Gasteiger partial charge on any atom is -0.384 e. The summed E-state index contributed by atoms with van der Waals surface area (Å²) in [5.74, 6) is 3.15. The summed E-state index contributed by atoms with van der Waals surface area (Å²) in [6.07, 6.45) is 7.51. The molecule has 1 aliphatic heterocycles. The van der Waals surface area contributed by atoms with Crippen LogP contribution in [0.3, 0.4) is 0 Å². The minimum absolute atomic E-state index is 0.404. The van der Waals surface area contributed by atoms with Crippen molar-refractivity contribution in [2.45, 2.75) is 63.8 Å². The van der Waals surface area contributed by atoms with Crippen LogP contribution in [0.1, 0.15) is 68.8 Å². The molecule has 2 N–H and O–H groups in total. The van der Waals surface area contributed by atoms with Crippen LogP contribution in [0.15, 0.2) is 0 Å². The largest absolute Gasteiger partial charge is 0.384 e. The van der Waals surface area contributed by atoms with E-state index >= 15 is 0 Å². The number of hydrogen-bond acceptors (Lipinski definition) is 3. The van der Waals surface area contributed by atoms with E-state index in [-0.39, 0.29) is 0 Å². The zero-order chi connectivity index (χ0) is 13.2. The van der Waals surface area contributed by atoms with Crippen molar-refractivity contribution in [3.8, 4) is 0 Å². The van der Waals surface area contributed by atoms with E-state index in [9.17, 15) is 0 Å². The molecule has 1 atom stereocenters. The van der Waals surface area contributed by atoms with Crippen molar-refractivity contribution in [2.75, 3.05) is 18.9 Å². The van der Waals surface area contributed by atoms with Gasteiger partial charge in [-0.2, -0.15) is 0 Å². The quantitative estimate of drug-likeness (QED) is 0.912. The number of nitrogen functional groups attached to an aromatic ring is 1. The third-order valence-corrected chi connectivity index (χ3v) is 4.65. The molecule has 4 heteroatoms. The van der Waals surface area contributed by atoms with Gasteiger partial charge < -0.3 is 15.0 Å². The minimum atomic E-state index is 0.404. The summed E-state index contributed by atoms with van der Waals surface area (Å²) < 4.78 is 7.83. The molecule has 0 spiro atoms. The number of anilines is 1. The molecule has 0 amide bonds. The third-order valence-electron chi connectivity index (χ3n) is 4.65. The Morgan fingerprint density at radius 1 is 1.21 bits per heavy atom. The van der Waals surface area contributed by atoms with Crippen LogP contribution in [-0.2, 0) is 11.3 Å². The highest BCUT2D eigenvalue weighted by molar-refractivity contribution is 5.41. The lowest BCUT2D eigenvalue weighted by molar-refractivity contribution is 0.0795. The third kappa shape index (κ3) is 2.38. The highest BCUT2D eigenvalue weighted by atomic mass is 16.5. The summed E-state index contributed by atoms with van der Waals surface area (Å²) in [5.41, 5.74) is 7.46. The Bertz CT molecular complexity index is 429. The van der Waals surface area contributed by atoms with Crippen molar-refractivity contribution in [1.29, 1.82) is 0 Å². The van der Waals surface area contributed by atoms with Gasteiger partial charge in [-0.25, -0.2) is 4.98 Å². The first-order chi connectivity index (χ1) is 9.31. The second kappa shape index (κ2) is 5.53. The van der Waals surface area contributed by atoms with Crippen molar-refractivity contribution in [3.05, 3.63) is 11.5 Å². The van der Waals surface area contributed by atoms with Crippen molar-refractivity contribution >= 4 is 5.82 Å². The Morgan fingerprint density at radius 3 is 2.58 bits per heavy atom. The Kier molecular flexibility index (Phi) is 3.78. The van der Waals surface area contributed by atoms with Gasteiger partial charge in [-0.1, -0.05) is 12.8 Å². The Balaban J connectivity index is 1.91. The van der Waals surface area contributed by atoms with E-state index in [1.54, 1.807) is 0 Å². The van der Waals surface area contributed by atoms with Crippen LogP contribution < -0.4 is 5.73 Å². The zero-order valence-electron chi connectivity index (χ0n) is 11.9. The molecule has 106 valence electrons. The Labute approximate surface area is 115 Å². The highest BCUT2D eigenvalue weighted by Gasteiger charge is 2.28. The lowest BCUT2D eigenvalue weighted by atomic mass is 9.98. The number of hydrogen-bond donors (Lipinski definition) is 1. The summed E-state index contributed by atoms with van der Waals surface area (Å²) in [5, 5.41) is 0. The molecule has 1 aliphatic carbocycles. The van der Waals surface area contributed by atoms with Gasteiger partial charge in [0.1, 0.15) is 11.6 Å². The second-order valence-corrected chi connectivity index (χ2v) is 5.88. The fourth-order valence-electron chi connectivity index (χ4n) is 3.59. The average Bonchev–Trinajstić information content (AvgIpc) is 3.07. The molecule has 3 rings (SSSR count). The van der Waals surface area contributed by atoms with Gasteiger partial charge in [0, 0.05) is 25.0 Å². The summed E-state index contributed by atoms with van der Waals surface area (Å²) in [7, 11) is 0. The van der Waals surface area contributed by atoms with Crippen LogP contribution in [0.2, 0.25) is 0 Å². The first-order valence-electron chi connectivity index (χ1n) is 7.74.